The lowest BCUT2D eigenvalue weighted by atomic mass is 10.1. The fourth-order valence-electron chi connectivity index (χ4n) is 2.58. The van der Waals surface area contributed by atoms with Crippen molar-refractivity contribution < 1.29 is 57.8 Å². The molecule has 0 bridgehead atoms. The van der Waals surface area contributed by atoms with Crippen molar-refractivity contribution in [2.24, 2.45) is 0 Å². The molecule has 3 aromatic carbocycles. The summed E-state index contributed by atoms with van der Waals surface area (Å²) in [6, 6.07) is -0.194. The molecule has 0 fully saturated rings. The Morgan fingerprint density at radius 3 is 1.29 bits per heavy atom. The third-order valence-electron chi connectivity index (χ3n) is 4.17. The van der Waals surface area contributed by atoms with Gasteiger partial charge in [0, 0.05) is 18.2 Å². The van der Waals surface area contributed by atoms with Crippen molar-refractivity contribution >= 4 is 11.4 Å². The summed E-state index contributed by atoms with van der Waals surface area (Å²) in [7, 11) is 0. The lowest BCUT2D eigenvalue weighted by Crippen LogP contribution is -2.13. The number of nitrogens with two attached hydrogens (primary N) is 2. The van der Waals surface area contributed by atoms with Crippen molar-refractivity contribution in [3.05, 3.63) is 70.3 Å². The van der Waals surface area contributed by atoms with E-state index in [-0.39, 0.29) is 18.2 Å². The Labute approximate surface area is 181 Å². The predicted molar refractivity (Wildman–Crippen MR) is 93.0 cm³/mol. The minimum absolute atomic E-state index is 0.0215. The normalized spacial score (nSPS) is 11.6. The summed E-state index contributed by atoms with van der Waals surface area (Å²) in [6.07, 6.45) is -5.71. The van der Waals surface area contributed by atoms with Gasteiger partial charge in [-0.2, -0.15) is 17.6 Å². The smallest absolute Gasteiger partial charge is 0.422 e. The Bertz CT molecular complexity index is 1310. The first-order chi connectivity index (χ1) is 15.6. The van der Waals surface area contributed by atoms with Gasteiger partial charge >= 0.3 is 6.18 Å². The first-order valence-electron chi connectivity index (χ1n) is 8.45. The van der Waals surface area contributed by atoms with Crippen molar-refractivity contribution in [3.8, 4) is 23.0 Å². The molecule has 4 N–H and O–H groups in total. The maximum atomic E-state index is 14.3. The first kappa shape index (κ1) is 24.7. The number of hydrogen-bond acceptors (Lipinski definition) is 4. The molecule has 0 atom stereocenters. The molecule has 0 unspecified atom stereocenters. The number of hydrogen-bond donors (Lipinski definition) is 2. The number of benzene rings is 3. The van der Waals surface area contributed by atoms with Crippen molar-refractivity contribution in [2.45, 2.75) is 6.18 Å². The summed E-state index contributed by atoms with van der Waals surface area (Å²) >= 11 is 0. The molecule has 0 aliphatic carbocycles. The molecule has 0 heterocycles. The molecule has 0 saturated heterocycles. The van der Waals surface area contributed by atoms with Crippen LogP contribution in [0.3, 0.4) is 0 Å². The van der Waals surface area contributed by atoms with Crippen LogP contribution in [0, 0.1) is 46.5 Å². The SMILES string of the molecule is Nc1c(F)c(F)cc(Oc2cc(Oc3cc(F)c(F)c(N)c3F)c(C(F)(F)F)c(F)c2F)c1F. The molecular formula is C19H7F11N2O2. The number of rotatable bonds is 4. The van der Waals surface area contributed by atoms with Crippen LogP contribution in [-0.2, 0) is 6.18 Å². The first-order valence-corrected chi connectivity index (χ1v) is 8.45. The Morgan fingerprint density at radius 1 is 0.500 bits per heavy atom. The van der Waals surface area contributed by atoms with Gasteiger partial charge < -0.3 is 20.9 Å². The van der Waals surface area contributed by atoms with Gasteiger partial charge in [-0.05, 0) is 0 Å². The maximum Gasteiger partial charge on any atom is 0.422 e. The third-order valence-corrected chi connectivity index (χ3v) is 4.17. The van der Waals surface area contributed by atoms with E-state index in [1.54, 1.807) is 0 Å². The van der Waals surface area contributed by atoms with Crippen molar-refractivity contribution in [1.82, 2.24) is 0 Å². The fraction of sp³-hybridized carbons (Fsp3) is 0.0526. The second-order valence-corrected chi connectivity index (χ2v) is 6.37. The summed E-state index contributed by atoms with van der Waals surface area (Å²) < 4.78 is 159. The van der Waals surface area contributed by atoms with Crippen LogP contribution in [0.1, 0.15) is 5.56 Å². The summed E-state index contributed by atoms with van der Waals surface area (Å²) in [6.45, 7) is 0. The maximum absolute atomic E-state index is 14.3. The van der Waals surface area contributed by atoms with E-state index in [0.717, 1.165) is 0 Å². The van der Waals surface area contributed by atoms with E-state index in [2.05, 4.69) is 9.47 Å². The highest BCUT2D eigenvalue weighted by molar-refractivity contribution is 5.54. The topological polar surface area (TPSA) is 70.5 Å². The quantitative estimate of drug-likeness (QED) is 0.240. The summed E-state index contributed by atoms with van der Waals surface area (Å²) in [5.74, 6) is -22.6. The zero-order valence-corrected chi connectivity index (χ0v) is 15.9. The van der Waals surface area contributed by atoms with Crippen molar-refractivity contribution in [2.75, 3.05) is 11.5 Å². The minimum atomic E-state index is -5.71. The van der Waals surface area contributed by atoms with E-state index in [9.17, 15) is 48.3 Å². The minimum Gasteiger partial charge on any atom is -0.453 e. The molecule has 0 radical (unpaired) electrons. The predicted octanol–water partition coefficient (Wildman–Crippen LogP) is 6.57. The van der Waals surface area contributed by atoms with Gasteiger partial charge in [0.15, 0.2) is 58.0 Å². The average molecular weight is 504 g/mol. The molecule has 4 nitrogen and oxygen atoms in total. The Kier molecular flexibility index (Phi) is 6.15. The monoisotopic (exact) mass is 504 g/mol. The van der Waals surface area contributed by atoms with Gasteiger partial charge in [-0.1, -0.05) is 0 Å². The fourth-order valence-corrected chi connectivity index (χ4v) is 2.58. The van der Waals surface area contributed by atoms with E-state index in [4.69, 9.17) is 11.5 Å². The molecule has 3 rings (SSSR count). The Morgan fingerprint density at radius 2 is 0.882 bits per heavy atom. The number of nitrogen functional groups attached to an aromatic ring is 2. The van der Waals surface area contributed by atoms with Crippen LogP contribution < -0.4 is 20.9 Å². The molecule has 182 valence electrons. The van der Waals surface area contributed by atoms with Gasteiger partial charge in [-0.15, -0.1) is 0 Å². The molecule has 0 aromatic heterocycles. The van der Waals surface area contributed by atoms with Gasteiger partial charge in [0.05, 0.1) is 0 Å². The number of anilines is 2. The van der Waals surface area contributed by atoms with Crippen LogP contribution in [0.15, 0.2) is 18.2 Å². The highest BCUT2D eigenvalue weighted by atomic mass is 19.4. The Balaban J connectivity index is 2.21. The van der Waals surface area contributed by atoms with E-state index in [0.29, 0.717) is 0 Å². The number of alkyl halides is 3. The van der Waals surface area contributed by atoms with Gasteiger partial charge in [0.2, 0.25) is 5.82 Å². The molecule has 34 heavy (non-hydrogen) atoms. The highest BCUT2D eigenvalue weighted by Crippen LogP contribution is 2.45. The van der Waals surface area contributed by atoms with Crippen LogP contribution in [-0.4, -0.2) is 0 Å². The third kappa shape index (κ3) is 4.20. The molecule has 0 aliphatic heterocycles. The number of ether oxygens (including phenoxy) is 2. The molecule has 0 aliphatic rings. The second kappa shape index (κ2) is 8.46. The molecule has 3 aromatic rings. The Hall–Kier alpha value is -3.91. The van der Waals surface area contributed by atoms with Crippen molar-refractivity contribution in [1.29, 1.82) is 0 Å². The lowest BCUT2D eigenvalue weighted by molar-refractivity contribution is -0.141. The summed E-state index contributed by atoms with van der Waals surface area (Å²) in [5.41, 5.74) is 4.41. The number of halogens is 11. The van der Waals surface area contributed by atoms with E-state index >= 15 is 0 Å². The van der Waals surface area contributed by atoms with Gasteiger partial charge in [0.25, 0.3) is 0 Å². The van der Waals surface area contributed by atoms with Crippen LogP contribution in [0.2, 0.25) is 0 Å². The summed E-state index contributed by atoms with van der Waals surface area (Å²) in [5, 5.41) is 0. The molecular weight excluding hydrogens is 497 g/mol. The van der Waals surface area contributed by atoms with Gasteiger partial charge in [-0.3, -0.25) is 0 Å². The molecule has 0 saturated carbocycles. The second-order valence-electron chi connectivity index (χ2n) is 6.37. The highest BCUT2D eigenvalue weighted by Gasteiger charge is 2.41. The lowest BCUT2D eigenvalue weighted by Gasteiger charge is -2.18. The standard InChI is InChI=1S/C19H7F11N2O2/c20-4-1-7(14(25)17(31)11(4)22)33-6-3-9(13(24)16(27)10(6)19(28,29)30)34-8-2-5(21)12(23)18(32)15(8)26/h1-3H,31-32H2. The van der Waals surface area contributed by atoms with E-state index < -0.39 is 92.7 Å². The molecule has 15 heteroatoms. The van der Waals surface area contributed by atoms with Gasteiger partial charge in [0.1, 0.15) is 22.7 Å². The largest absolute Gasteiger partial charge is 0.453 e. The van der Waals surface area contributed by atoms with E-state index in [1.165, 1.54) is 0 Å². The zero-order valence-electron chi connectivity index (χ0n) is 15.9. The average Bonchev–Trinajstić information content (AvgIpc) is 2.75. The zero-order chi connectivity index (χ0) is 25.7. The molecule has 0 amide bonds. The van der Waals surface area contributed by atoms with Gasteiger partial charge in [-0.25, -0.2) is 30.7 Å². The van der Waals surface area contributed by atoms with Crippen LogP contribution in [0.25, 0.3) is 0 Å². The van der Waals surface area contributed by atoms with Crippen LogP contribution >= 0.6 is 0 Å². The van der Waals surface area contributed by atoms with Crippen molar-refractivity contribution in [3.63, 3.8) is 0 Å². The van der Waals surface area contributed by atoms with Crippen LogP contribution in [0.4, 0.5) is 59.7 Å². The summed E-state index contributed by atoms with van der Waals surface area (Å²) in [4.78, 5) is 0. The van der Waals surface area contributed by atoms with Crippen LogP contribution in [0.5, 0.6) is 23.0 Å². The van der Waals surface area contributed by atoms with E-state index in [1.807, 2.05) is 0 Å². The molecule has 0 spiro atoms.